The van der Waals surface area contributed by atoms with Gasteiger partial charge in [0.25, 0.3) is 6.71 Å². The minimum Gasteiger partial charge on any atom is -0.310 e. The lowest BCUT2D eigenvalue weighted by molar-refractivity contribution is 1.13. The van der Waals surface area contributed by atoms with Crippen LogP contribution in [0.15, 0.2) is 182 Å². The zero-order valence-corrected chi connectivity index (χ0v) is 33.7. The molecule has 0 spiro atoms. The topological polar surface area (TPSA) is 13.1 Å². The van der Waals surface area contributed by atoms with E-state index in [4.69, 9.17) is 0 Å². The molecule has 2 aliphatic rings. The van der Waals surface area contributed by atoms with Crippen molar-refractivity contribution < 1.29 is 0 Å². The zero-order valence-electron chi connectivity index (χ0n) is 32.1. The fraction of sp³-hybridized carbons (Fsp3) is 0. The summed E-state index contributed by atoms with van der Waals surface area (Å²) in [6.07, 6.45) is 0. The van der Waals surface area contributed by atoms with E-state index in [0.29, 0.717) is 0 Å². The van der Waals surface area contributed by atoms with Crippen LogP contribution >= 0.6 is 22.7 Å². The van der Waals surface area contributed by atoms with E-state index in [-0.39, 0.29) is 6.71 Å². The highest BCUT2D eigenvalue weighted by molar-refractivity contribution is 7.27. The molecule has 0 atom stereocenters. The van der Waals surface area contributed by atoms with E-state index in [2.05, 4.69) is 196 Å². The van der Waals surface area contributed by atoms with Gasteiger partial charge in [0.1, 0.15) is 0 Å². The lowest BCUT2D eigenvalue weighted by Gasteiger charge is -2.36. The number of benzene rings is 9. The molecule has 6 heterocycles. The van der Waals surface area contributed by atoms with Gasteiger partial charge in [-0.25, -0.2) is 0 Å². The zero-order chi connectivity index (χ0) is 38.8. The first-order valence-electron chi connectivity index (χ1n) is 20.6. The van der Waals surface area contributed by atoms with Gasteiger partial charge in [0, 0.05) is 84.6 Å². The van der Waals surface area contributed by atoms with Crippen LogP contribution in [0.3, 0.4) is 0 Å². The fourth-order valence-corrected chi connectivity index (χ4v) is 13.6. The van der Waals surface area contributed by atoms with Crippen LogP contribution in [-0.4, -0.2) is 15.8 Å². The van der Waals surface area contributed by atoms with E-state index in [1.807, 2.05) is 22.7 Å². The standard InChI is InChI=1S/C54H30BN3S2/c1-3-15-31(16-4-1)56(32-17-5-2-6-18-32)33-27-44-50-45(28-33)58-43-24-12-8-22-37(43)49-52(58)41(30-39-35-20-10-14-26-47(35)60-54(39)49)55(50)40-29-38-34-19-9-13-25-46(34)59-53(38)48-36-21-7-11-23-42(36)57(44)51(40)48/h1-30H. The molecular weight excluding hydrogens is 766 g/mol. The van der Waals surface area contributed by atoms with Gasteiger partial charge in [-0.2, -0.15) is 0 Å². The predicted octanol–water partition coefficient (Wildman–Crippen LogP) is 13.2. The second kappa shape index (κ2) is 11.3. The summed E-state index contributed by atoms with van der Waals surface area (Å²) in [6, 6.07) is 68.1. The molecule has 0 fully saturated rings. The molecule has 0 N–H and O–H groups in total. The quantitative estimate of drug-likeness (QED) is 0.162. The molecule has 6 heteroatoms. The molecule has 0 saturated heterocycles. The van der Waals surface area contributed by atoms with Crippen molar-refractivity contribution in [2.75, 3.05) is 4.90 Å². The second-order valence-electron chi connectivity index (χ2n) is 16.4. The molecule has 3 nitrogen and oxygen atoms in total. The summed E-state index contributed by atoms with van der Waals surface area (Å²) < 4.78 is 10.7. The van der Waals surface area contributed by atoms with Crippen LogP contribution in [0.1, 0.15) is 0 Å². The van der Waals surface area contributed by atoms with Gasteiger partial charge >= 0.3 is 0 Å². The SMILES string of the molecule is c1ccc(N(c2ccccc2)c2cc3c4c(c2)-n2c5ccccc5c5c6sc7ccccc7c6cc(c52)B4c2cc4c5ccccc5sc4c4c5ccccc5n-3c24)cc1. The third-order valence-electron chi connectivity index (χ3n) is 13.4. The highest BCUT2D eigenvalue weighted by Crippen LogP contribution is 2.49. The highest BCUT2D eigenvalue weighted by Gasteiger charge is 2.43. The van der Waals surface area contributed by atoms with Gasteiger partial charge < -0.3 is 14.0 Å². The summed E-state index contributed by atoms with van der Waals surface area (Å²) in [5.74, 6) is 0. The average Bonchev–Trinajstić information content (AvgIpc) is 4.06. The summed E-state index contributed by atoms with van der Waals surface area (Å²) in [5.41, 5.74) is 15.2. The maximum absolute atomic E-state index is 2.63. The van der Waals surface area contributed by atoms with Crippen molar-refractivity contribution in [1.82, 2.24) is 9.13 Å². The molecule has 60 heavy (non-hydrogen) atoms. The van der Waals surface area contributed by atoms with Crippen LogP contribution in [0.2, 0.25) is 0 Å². The van der Waals surface area contributed by atoms with Gasteiger partial charge in [0.2, 0.25) is 0 Å². The Balaban J connectivity index is 1.20. The first-order chi connectivity index (χ1) is 29.8. The monoisotopic (exact) mass is 795 g/mol. The number of fused-ring (bicyclic) bond motifs is 18. The number of aromatic nitrogens is 2. The largest absolute Gasteiger partial charge is 0.310 e. The fourth-order valence-electron chi connectivity index (χ4n) is 11.1. The van der Waals surface area contributed by atoms with Gasteiger partial charge in [-0.15, -0.1) is 22.7 Å². The molecule has 0 radical (unpaired) electrons. The second-order valence-corrected chi connectivity index (χ2v) is 18.5. The van der Waals surface area contributed by atoms with Gasteiger partial charge in [-0.1, -0.05) is 121 Å². The maximum atomic E-state index is 2.63. The summed E-state index contributed by atoms with van der Waals surface area (Å²) >= 11 is 3.88. The molecule has 0 bridgehead atoms. The molecule has 0 unspecified atom stereocenters. The summed E-state index contributed by atoms with van der Waals surface area (Å²) in [6.45, 7) is 0.00991. The van der Waals surface area contributed by atoms with Crippen molar-refractivity contribution in [1.29, 1.82) is 0 Å². The molecule has 2 aliphatic heterocycles. The van der Waals surface area contributed by atoms with Gasteiger partial charge in [0.15, 0.2) is 0 Å². The molecule has 276 valence electrons. The van der Waals surface area contributed by atoms with Crippen LogP contribution in [0.5, 0.6) is 0 Å². The minimum atomic E-state index is 0.00991. The molecule has 4 aromatic heterocycles. The van der Waals surface area contributed by atoms with E-state index in [1.165, 1.54) is 112 Å². The first kappa shape index (κ1) is 31.8. The van der Waals surface area contributed by atoms with Crippen molar-refractivity contribution in [3.8, 4) is 11.4 Å². The molecule has 0 saturated carbocycles. The van der Waals surface area contributed by atoms with Crippen molar-refractivity contribution in [2.24, 2.45) is 0 Å². The van der Waals surface area contributed by atoms with E-state index >= 15 is 0 Å². The number of para-hydroxylation sites is 4. The smallest absolute Gasteiger partial charge is 0.252 e. The van der Waals surface area contributed by atoms with E-state index in [9.17, 15) is 0 Å². The number of hydrogen-bond donors (Lipinski definition) is 0. The van der Waals surface area contributed by atoms with E-state index in [0.717, 1.165) is 17.1 Å². The van der Waals surface area contributed by atoms with Crippen LogP contribution in [0.25, 0.3) is 95.3 Å². The Morgan fingerprint density at radius 2 is 0.800 bits per heavy atom. The summed E-state index contributed by atoms with van der Waals surface area (Å²) in [5, 5.41) is 10.7. The number of rotatable bonds is 3. The van der Waals surface area contributed by atoms with E-state index < -0.39 is 0 Å². The average molecular weight is 796 g/mol. The Kier molecular flexibility index (Phi) is 6.01. The molecule has 13 aromatic rings. The Hall–Kier alpha value is -7.12. The molecular formula is C54H30BN3S2. The number of nitrogens with zero attached hydrogens (tertiary/aromatic N) is 3. The molecule has 0 aliphatic carbocycles. The van der Waals surface area contributed by atoms with Gasteiger partial charge in [-0.3, -0.25) is 0 Å². The Labute approximate surface area is 352 Å². The Bertz CT molecular complexity index is 3770. The predicted molar refractivity (Wildman–Crippen MR) is 260 cm³/mol. The lowest BCUT2D eigenvalue weighted by atomic mass is 9.34. The van der Waals surface area contributed by atoms with E-state index in [1.54, 1.807) is 0 Å². The Morgan fingerprint density at radius 1 is 0.383 bits per heavy atom. The van der Waals surface area contributed by atoms with Crippen molar-refractivity contribution in [3.63, 3.8) is 0 Å². The lowest BCUT2D eigenvalue weighted by Crippen LogP contribution is -2.59. The van der Waals surface area contributed by atoms with Crippen molar-refractivity contribution in [2.45, 2.75) is 0 Å². The van der Waals surface area contributed by atoms with Crippen LogP contribution in [0.4, 0.5) is 17.1 Å². The molecule has 0 amide bonds. The third-order valence-corrected chi connectivity index (χ3v) is 15.8. The van der Waals surface area contributed by atoms with Crippen molar-refractivity contribution in [3.05, 3.63) is 182 Å². The minimum absolute atomic E-state index is 0.00991. The summed E-state index contributed by atoms with van der Waals surface area (Å²) in [4.78, 5) is 2.44. The van der Waals surface area contributed by atoms with Crippen molar-refractivity contribution >= 4 is 147 Å². The normalized spacial score (nSPS) is 13.0. The van der Waals surface area contributed by atoms with Gasteiger partial charge in [0.05, 0.1) is 27.8 Å². The third kappa shape index (κ3) is 3.87. The number of thiophene rings is 2. The number of hydrogen-bond acceptors (Lipinski definition) is 3. The van der Waals surface area contributed by atoms with Crippen LogP contribution < -0.4 is 21.3 Å². The number of anilines is 3. The molecule has 15 rings (SSSR count). The maximum Gasteiger partial charge on any atom is 0.252 e. The first-order valence-corrected chi connectivity index (χ1v) is 22.3. The highest BCUT2D eigenvalue weighted by atomic mass is 32.1. The van der Waals surface area contributed by atoms with Crippen LogP contribution in [0, 0.1) is 0 Å². The molecule has 9 aromatic carbocycles. The Morgan fingerprint density at radius 3 is 1.28 bits per heavy atom. The summed E-state index contributed by atoms with van der Waals surface area (Å²) in [7, 11) is 0. The van der Waals surface area contributed by atoms with Crippen LogP contribution in [-0.2, 0) is 0 Å². The van der Waals surface area contributed by atoms with Gasteiger partial charge in [-0.05, 0) is 77.1 Å².